The highest BCUT2D eigenvalue weighted by molar-refractivity contribution is 8.00. The molecule has 1 N–H and O–H groups in total. The molecule has 0 atom stereocenters. The molecule has 0 aliphatic heterocycles. The van der Waals surface area contributed by atoms with Crippen molar-refractivity contribution in [3.05, 3.63) is 29.3 Å². The molecule has 0 aliphatic carbocycles. The third-order valence-electron chi connectivity index (χ3n) is 3.35. The Labute approximate surface area is 165 Å². The van der Waals surface area contributed by atoms with E-state index < -0.39 is 0 Å². The molecule has 0 amide bonds. The fourth-order valence-electron chi connectivity index (χ4n) is 2.26. The van der Waals surface area contributed by atoms with E-state index >= 15 is 0 Å². The highest BCUT2D eigenvalue weighted by atomic mass is 32.2. The Kier molecular flexibility index (Phi) is 6.33. The second kappa shape index (κ2) is 8.70. The Hall–Kier alpha value is -1.84. The first kappa shape index (κ1) is 18.9. The maximum atomic E-state index is 5.51. The summed E-state index contributed by atoms with van der Waals surface area (Å²) in [4.78, 5) is 4.74. The van der Waals surface area contributed by atoms with Crippen molar-refractivity contribution in [2.75, 3.05) is 19.5 Å². The van der Waals surface area contributed by atoms with Gasteiger partial charge in [0, 0.05) is 17.2 Å². The molecule has 0 spiro atoms. The maximum absolute atomic E-state index is 5.51. The second-order valence-corrected chi connectivity index (χ2v) is 8.70. The molecule has 138 valence electrons. The van der Waals surface area contributed by atoms with Gasteiger partial charge < -0.3 is 14.8 Å². The van der Waals surface area contributed by atoms with Gasteiger partial charge in [0.25, 0.3) is 0 Å². The van der Waals surface area contributed by atoms with Crippen LogP contribution in [-0.2, 0) is 5.75 Å². The number of anilines is 1. The minimum absolute atomic E-state index is 0.347. The van der Waals surface area contributed by atoms with Crippen LogP contribution < -0.4 is 14.8 Å². The lowest BCUT2D eigenvalue weighted by atomic mass is 10.2. The van der Waals surface area contributed by atoms with E-state index in [2.05, 4.69) is 34.7 Å². The third-order valence-corrected chi connectivity index (χ3v) is 6.29. The van der Waals surface area contributed by atoms with Crippen LogP contribution in [0.4, 0.5) is 5.13 Å². The summed E-state index contributed by atoms with van der Waals surface area (Å²) in [6.45, 7) is 4.16. The van der Waals surface area contributed by atoms with Gasteiger partial charge in [0.15, 0.2) is 15.8 Å². The van der Waals surface area contributed by atoms with Gasteiger partial charge in [0.2, 0.25) is 5.13 Å². The molecule has 0 fully saturated rings. The second-order valence-electron chi connectivity index (χ2n) is 5.65. The van der Waals surface area contributed by atoms with Gasteiger partial charge >= 0.3 is 0 Å². The molecule has 6 nitrogen and oxygen atoms in total. The SMILES string of the molecule is COc1cccc(-c2nc(CSc3nnc(NC(C)C)s3)cs2)c1OC. The van der Waals surface area contributed by atoms with Gasteiger partial charge in [-0.25, -0.2) is 4.98 Å². The van der Waals surface area contributed by atoms with Crippen LogP contribution >= 0.6 is 34.4 Å². The van der Waals surface area contributed by atoms with Crippen molar-refractivity contribution in [3.63, 3.8) is 0 Å². The van der Waals surface area contributed by atoms with Crippen LogP contribution in [0.3, 0.4) is 0 Å². The van der Waals surface area contributed by atoms with Gasteiger partial charge in [-0.1, -0.05) is 29.2 Å². The number of hydrogen-bond donors (Lipinski definition) is 1. The van der Waals surface area contributed by atoms with E-state index in [1.807, 2.05) is 18.2 Å². The maximum Gasteiger partial charge on any atom is 0.206 e. The smallest absolute Gasteiger partial charge is 0.206 e. The van der Waals surface area contributed by atoms with Gasteiger partial charge in [-0.15, -0.1) is 21.5 Å². The Morgan fingerprint density at radius 2 is 2.04 bits per heavy atom. The molecular weight excluding hydrogens is 388 g/mol. The zero-order chi connectivity index (χ0) is 18.5. The minimum Gasteiger partial charge on any atom is -0.493 e. The Bertz CT molecular complexity index is 863. The molecule has 1 aromatic carbocycles. The fourth-order valence-corrected chi connectivity index (χ4v) is 5.00. The van der Waals surface area contributed by atoms with Crippen LogP contribution in [0.25, 0.3) is 10.6 Å². The summed E-state index contributed by atoms with van der Waals surface area (Å²) in [6, 6.07) is 6.16. The Morgan fingerprint density at radius 1 is 1.19 bits per heavy atom. The van der Waals surface area contributed by atoms with Gasteiger partial charge in [-0.3, -0.25) is 0 Å². The van der Waals surface area contributed by atoms with Gasteiger partial charge in [0.05, 0.1) is 25.5 Å². The zero-order valence-electron chi connectivity index (χ0n) is 15.0. The molecule has 0 saturated heterocycles. The van der Waals surface area contributed by atoms with E-state index in [0.717, 1.165) is 31.5 Å². The normalized spacial score (nSPS) is 11.0. The van der Waals surface area contributed by atoms with Gasteiger partial charge in [-0.2, -0.15) is 0 Å². The van der Waals surface area contributed by atoms with E-state index in [9.17, 15) is 0 Å². The zero-order valence-corrected chi connectivity index (χ0v) is 17.4. The van der Waals surface area contributed by atoms with Crippen LogP contribution in [0.1, 0.15) is 19.5 Å². The number of ether oxygens (including phenoxy) is 2. The number of rotatable bonds is 8. The average Bonchev–Trinajstić information content (AvgIpc) is 3.28. The largest absolute Gasteiger partial charge is 0.493 e. The van der Waals surface area contributed by atoms with Crippen LogP contribution in [-0.4, -0.2) is 35.4 Å². The van der Waals surface area contributed by atoms with Gasteiger partial charge in [0.1, 0.15) is 5.01 Å². The number of aromatic nitrogens is 3. The number of nitrogens with one attached hydrogen (secondary N) is 1. The summed E-state index contributed by atoms with van der Waals surface area (Å²) >= 11 is 4.80. The van der Waals surface area contributed by atoms with Crippen molar-refractivity contribution in [3.8, 4) is 22.1 Å². The topological polar surface area (TPSA) is 69.2 Å². The third kappa shape index (κ3) is 4.46. The van der Waals surface area contributed by atoms with E-state index in [4.69, 9.17) is 14.5 Å². The van der Waals surface area contributed by atoms with Crippen LogP contribution in [0.15, 0.2) is 27.9 Å². The quantitative estimate of drug-likeness (QED) is 0.537. The lowest BCUT2D eigenvalue weighted by Gasteiger charge is -2.10. The van der Waals surface area contributed by atoms with Crippen molar-refractivity contribution < 1.29 is 9.47 Å². The predicted molar refractivity (Wildman–Crippen MR) is 109 cm³/mol. The number of benzene rings is 1. The van der Waals surface area contributed by atoms with Crippen LogP contribution in [0.2, 0.25) is 0 Å². The number of hydrogen-bond acceptors (Lipinski definition) is 9. The Morgan fingerprint density at radius 3 is 2.77 bits per heavy atom. The first-order valence-electron chi connectivity index (χ1n) is 7.99. The van der Waals surface area contributed by atoms with E-state index in [1.165, 1.54) is 0 Å². The van der Waals surface area contributed by atoms with E-state index in [1.54, 1.807) is 48.7 Å². The molecule has 0 bridgehead atoms. The molecule has 0 unspecified atom stereocenters. The summed E-state index contributed by atoms with van der Waals surface area (Å²) in [5.74, 6) is 2.16. The summed E-state index contributed by atoms with van der Waals surface area (Å²) in [5, 5.41) is 15.5. The lowest BCUT2D eigenvalue weighted by molar-refractivity contribution is 0.356. The van der Waals surface area contributed by atoms with Crippen molar-refractivity contribution >= 4 is 39.6 Å². The molecule has 0 aliphatic rings. The van der Waals surface area contributed by atoms with Crippen LogP contribution in [0, 0.1) is 0 Å². The standard InChI is InChI=1S/C17H20N4O2S3/c1-10(2)18-16-20-21-17(26-16)25-9-11-8-24-15(19-11)12-6-5-7-13(22-3)14(12)23-4/h5-8,10H,9H2,1-4H3,(H,18,20). The van der Waals surface area contributed by atoms with Crippen molar-refractivity contribution in [1.82, 2.24) is 15.2 Å². The highest BCUT2D eigenvalue weighted by Gasteiger charge is 2.15. The monoisotopic (exact) mass is 408 g/mol. The van der Waals surface area contributed by atoms with Crippen LogP contribution in [0.5, 0.6) is 11.5 Å². The summed E-state index contributed by atoms with van der Waals surface area (Å²) in [7, 11) is 3.28. The number of thioether (sulfide) groups is 1. The molecule has 0 saturated carbocycles. The van der Waals surface area contributed by atoms with Crippen molar-refractivity contribution in [1.29, 1.82) is 0 Å². The van der Waals surface area contributed by atoms with Crippen molar-refractivity contribution in [2.45, 2.75) is 30.0 Å². The number of methoxy groups -OCH3 is 2. The first-order valence-corrected chi connectivity index (χ1v) is 10.7. The minimum atomic E-state index is 0.347. The summed E-state index contributed by atoms with van der Waals surface area (Å²) < 4.78 is 11.8. The highest BCUT2D eigenvalue weighted by Crippen LogP contribution is 2.39. The van der Waals surface area contributed by atoms with Crippen molar-refractivity contribution in [2.24, 2.45) is 0 Å². The molecule has 3 aromatic rings. The number of para-hydroxylation sites is 1. The fraction of sp³-hybridized carbons (Fsp3) is 0.353. The molecule has 0 radical (unpaired) electrons. The number of thiazole rings is 1. The van der Waals surface area contributed by atoms with E-state index in [-0.39, 0.29) is 0 Å². The average molecular weight is 409 g/mol. The first-order chi connectivity index (χ1) is 12.6. The predicted octanol–water partition coefficient (Wildman–Crippen LogP) is 4.79. The Balaban J connectivity index is 1.70. The van der Waals surface area contributed by atoms with E-state index in [0.29, 0.717) is 17.5 Å². The summed E-state index contributed by atoms with van der Waals surface area (Å²) in [5.41, 5.74) is 1.95. The number of nitrogens with zero attached hydrogens (tertiary/aromatic N) is 3. The van der Waals surface area contributed by atoms with Gasteiger partial charge in [-0.05, 0) is 26.0 Å². The summed E-state index contributed by atoms with van der Waals surface area (Å²) in [6.07, 6.45) is 0. The molecule has 9 heteroatoms. The molecular formula is C17H20N4O2S3. The molecule has 2 heterocycles. The molecule has 26 heavy (non-hydrogen) atoms. The molecule has 2 aromatic heterocycles. The molecule has 3 rings (SSSR count). The lowest BCUT2D eigenvalue weighted by Crippen LogP contribution is -2.08.